The molecule has 33 heavy (non-hydrogen) atoms. The van der Waals surface area contributed by atoms with E-state index in [1.54, 1.807) is 25.5 Å². The predicted molar refractivity (Wildman–Crippen MR) is 127 cm³/mol. The van der Waals surface area contributed by atoms with Crippen molar-refractivity contribution in [3.8, 4) is 0 Å². The number of amides is 1. The lowest BCUT2D eigenvalue weighted by molar-refractivity contribution is 0.143. The van der Waals surface area contributed by atoms with Gasteiger partial charge in [-0.25, -0.2) is 14.2 Å². The van der Waals surface area contributed by atoms with Gasteiger partial charge in [-0.1, -0.05) is 23.7 Å². The minimum atomic E-state index is -1.58. The lowest BCUT2D eigenvalue weighted by Gasteiger charge is -2.20. The van der Waals surface area contributed by atoms with Crippen LogP contribution in [0.5, 0.6) is 0 Å². The molecule has 0 aliphatic rings. The predicted octanol–water partition coefficient (Wildman–Crippen LogP) is 4.32. The third kappa shape index (κ3) is 5.81. The second-order valence-electron chi connectivity index (χ2n) is 8.18. The van der Waals surface area contributed by atoms with Gasteiger partial charge >= 0.3 is 6.09 Å². The minimum absolute atomic E-state index is 0.156. The molecule has 3 rings (SSSR count). The molecule has 1 aromatic carbocycles. The second-order valence-corrected chi connectivity index (χ2v) is 8.56. The SMILES string of the molecule is CNc1nc(N)c2ncn(CCCCOC(=O)NCc3c(C)ccc(C(C)(C)F)c3Cl)c2n1. The minimum Gasteiger partial charge on any atom is -0.450 e. The van der Waals surface area contributed by atoms with Gasteiger partial charge in [-0.2, -0.15) is 9.97 Å². The topological polar surface area (TPSA) is 120 Å². The van der Waals surface area contributed by atoms with Gasteiger partial charge in [0.2, 0.25) is 5.95 Å². The molecule has 2 aromatic heterocycles. The Labute approximate surface area is 196 Å². The Bertz CT molecular complexity index is 1140. The zero-order valence-corrected chi connectivity index (χ0v) is 20.0. The van der Waals surface area contributed by atoms with Crippen LogP contribution in [0.3, 0.4) is 0 Å². The van der Waals surface area contributed by atoms with Crippen LogP contribution in [0.15, 0.2) is 18.5 Å². The van der Waals surface area contributed by atoms with E-state index >= 15 is 0 Å². The monoisotopic (exact) mass is 477 g/mol. The highest BCUT2D eigenvalue weighted by Crippen LogP contribution is 2.34. The fraction of sp³-hybridized carbons (Fsp3) is 0.455. The number of rotatable bonds is 9. The molecular weight excluding hydrogens is 449 g/mol. The number of fused-ring (bicyclic) bond motifs is 1. The molecule has 4 N–H and O–H groups in total. The van der Waals surface area contributed by atoms with Gasteiger partial charge in [-0.15, -0.1) is 0 Å². The fourth-order valence-corrected chi connectivity index (χ4v) is 3.90. The summed E-state index contributed by atoms with van der Waals surface area (Å²) < 4.78 is 21.5. The van der Waals surface area contributed by atoms with E-state index < -0.39 is 11.8 Å². The molecule has 0 saturated heterocycles. The Balaban J connectivity index is 1.47. The molecule has 0 aliphatic carbocycles. The summed E-state index contributed by atoms with van der Waals surface area (Å²) in [6.07, 6.45) is 2.51. The number of anilines is 2. The van der Waals surface area contributed by atoms with E-state index in [0.29, 0.717) is 52.0 Å². The molecule has 3 aromatic rings. The number of halogens is 2. The van der Waals surface area contributed by atoms with Crippen molar-refractivity contribution in [1.82, 2.24) is 24.8 Å². The van der Waals surface area contributed by atoms with Gasteiger partial charge in [0.15, 0.2) is 11.5 Å². The number of nitrogen functional groups attached to an aromatic ring is 1. The third-order valence-electron chi connectivity index (χ3n) is 5.27. The number of benzene rings is 1. The number of nitrogens with one attached hydrogen (secondary N) is 2. The zero-order valence-electron chi connectivity index (χ0n) is 19.2. The van der Waals surface area contributed by atoms with Crippen molar-refractivity contribution in [3.05, 3.63) is 40.2 Å². The molecule has 0 spiro atoms. The highest BCUT2D eigenvalue weighted by molar-refractivity contribution is 6.32. The average Bonchev–Trinajstić information content (AvgIpc) is 3.15. The van der Waals surface area contributed by atoms with Gasteiger partial charge in [0.1, 0.15) is 11.2 Å². The molecule has 0 saturated carbocycles. The number of aromatic nitrogens is 4. The van der Waals surface area contributed by atoms with Gasteiger partial charge in [0.05, 0.1) is 18.0 Å². The van der Waals surface area contributed by atoms with Crippen LogP contribution < -0.4 is 16.4 Å². The van der Waals surface area contributed by atoms with Crippen molar-refractivity contribution >= 4 is 40.6 Å². The highest BCUT2D eigenvalue weighted by atomic mass is 35.5. The van der Waals surface area contributed by atoms with Gasteiger partial charge < -0.3 is 25.7 Å². The first-order chi connectivity index (χ1) is 15.6. The summed E-state index contributed by atoms with van der Waals surface area (Å²) in [5.74, 6) is 0.747. The van der Waals surface area contributed by atoms with Crippen molar-refractivity contribution in [2.45, 2.75) is 52.4 Å². The molecule has 0 fully saturated rings. The van der Waals surface area contributed by atoms with Crippen molar-refractivity contribution in [3.63, 3.8) is 0 Å². The number of carbonyl (C=O) groups excluding carboxylic acids is 1. The number of ether oxygens (including phenoxy) is 1. The first kappa shape index (κ1) is 24.5. The number of alkyl halides is 1. The third-order valence-corrected chi connectivity index (χ3v) is 5.70. The van der Waals surface area contributed by atoms with Crippen LogP contribution in [0.2, 0.25) is 5.02 Å². The molecule has 0 unspecified atom stereocenters. The van der Waals surface area contributed by atoms with Crippen molar-refractivity contribution < 1.29 is 13.9 Å². The van der Waals surface area contributed by atoms with E-state index in [1.165, 1.54) is 13.8 Å². The van der Waals surface area contributed by atoms with E-state index in [9.17, 15) is 9.18 Å². The Morgan fingerprint density at radius 2 is 2.06 bits per heavy atom. The Kier molecular flexibility index (Phi) is 7.57. The number of aryl methyl sites for hydroxylation is 2. The number of unbranched alkanes of at least 4 members (excludes halogenated alkanes) is 1. The first-order valence-corrected chi connectivity index (χ1v) is 11.0. The van der Waals surface area contributed by atoms with E-state index in [1.807, 2.05) is 11.5 Å². The highest BCUT2D eigenvalue weighted by Gasteiger charge is 2.24. The molecule has 0 atom stereocenters. The number of alkyl carbamates (subject to hydrolysis) is 1. The Morgan fingerprint density at radius 1 is 1.30 bits per heavy atom. The van der Waals surface area contributed by atoms with Crippen LogP contribution in [0.4, 0.5) is 21.0 Å². The summed E-state index contributed by atoms with van der Waals surface area (Å²) in [5, 5.41) is 5.88. The molecule has 0 bridgehead atoms. The normalized spacial score (nSPS) is 11.6. The number of hydrogen-bond donors (Lipinski definition) is 3. The smallest absolute Gasteiger partial charge is 0.407 e. The molecule has 178 valence electrons. The van der Waals surface area contributed by atoms with Gasteiger partial charge in [-0.3, -0.25) is 0 Å². The molecule has 1 amide bonds. The molecule has 9 nitrogen and oxygen atoms in total. The molecule has 2 heterocycles. The van der Waals surface area contributed by atoms with Crippen molar-refractivity contribution in [2.75, 3.05) is 24.7 Å². The van der Waals surface area contributed by atoms with E-state index in [2.05, 4.69) is 25.6 Å². The average molecular weight is 478 g/mol. The largest absolute Gasteiger partial charge is 0.450 e. The van der Waals surface area contributed by atoms with Crippen LogP contribution in [-0.2, 0) is 23.5 Å². The van der Waals surface area contributed by atoms with Gasteiger partial charge in [0, 0.05) is 25.7 Å². The maximum Gasteiger partial charge on any atom is 0.407 e. The lowest BCUT2D eigenvalue weighted by atomic mass is 9.95. The summed E-state index contributed by atoms with van der Waals surface area (Å²) in [6, 6.07) is 3.46. The maximum atomic E-state index is 14.4. The number of nitrogens with two attached hydrogens (primary N) is 1. The van der Waals surface area contributed by atoms with Gasteiger partial charge in [0.25, 0.3) is 0 Å². The molecular formula is C22H29ClFN7O2. The summed E-state index contributed by atoms with van der Waals surface area (Å²) in [7, 11) is 1.72. The van der Waals surface area contributed by atoms with E-state index in [-0.39, 0.29) is 13.2 Å². The number of carbonyl (C=O) groups is 1. The summed E-state index contributed by atoms with van der Waals surface area (Å²) in [6.45, 7) is 5.81. The van der Waals surface area contributed by atoms with Crippen LogP contribution >= 0.6 is 11.6 Å². The molecule has 0 aliphatic heterocycles. The van der Waals surface area contributed by atoms with Crippen molar-refractivity contribution in [2.24, 2.45) is 0 Å². The zero-order chi connectivity index (χ0) is 24.2. The lowest BCUT2D eigenvalue weighted by Crippen LogP contribution is -2.25. The maximum absolute atomic E-state index is 14.4. The van der Waals surface area contributed by atoms with Crippen LogP contribution in [-0.4, -0.2) is 39.3 Å². The molecule has 0 radical (unpaired) electrons. The molecule has 11 heteroatoms. The van der Waals surface area contributed by atoms with Gasteiger partial charge in [-0.05, 0) is 44.7 Å². The van der Waals surface area contributed by atoms with Crippen molar-refractivity contribution in [1.29, 1.82) is 0 Å². The fourth-order valence-electron chi connectivity index (χ4n) is 3.40. The number of hydrogen-bond acceptors (Lipinski definition) is 7. The summed E-state index contributed by atoms with van der Waals surface area (Å²) in [5.41, 5.74) is 7.47. The van der Waals surface area contributed by atoms with E-state index in [0.717, 1.165) is 12.0 Å². The first-order valence-electron chi connectivity index (χ1n) is 10.7. The number of nitrogens with zero attached hydrogens (tertiary/aromatic N) is 4. The van der Waals surface area contributed by atoms with Crippen LogP contribution in [0.1, 0.15) is 43.4 Å². The quantitative estimate of drug-likeness (QED) is 0.392. The second kappa shape index (κ2) is 10.2. The number of imidazole rings is 1. The van der Waals surface area contributed by atoms with E-state index in [4.69, 9.17) is 22.1 Å². The Morgan fingerprint density at radius 3 is 2.76 bits per heavy atom. The van der Waals surface area contributed by atoms with Crippen LogP contribution in [0.25, 0.3) is 11.2 Å². The summed E-state index contributed by atoms with van der Waals surface area (Å²) >= 11 is 6.39. The Hall–Kier alpha value is -3.14. The summed E-state index contributed by atoms with van der Waals surface area (Å²) in [4.78, 5) is 24.9. The van der Waals surface area contributed by atoms with Crippen LogP contribution in [0, 0.1) is 6.92 Å². The standard InChI is InChI=1S/C22H29ClFN7O2/c1-13-7-8-15(22(2,3)24)16(23)14(13)11-27-21(32)33-10-6-5-9-31-12-28-17-18(25)29-20(26-4)30-19(17)31/h7-8,12H,5-6,9-11H2,1-4H3,(H,27,32)(H3,25,26,29,30).